The first-order valence-corrected chi connectivity index (χ1v) is 19.8. The number of hydrogen-bond acceptors (Lipinski definition) is 7. The molecular weight excluding hydrogens is 676 g/mol. The number of pyridine rings is 1. The van der Waals surface area contributed by atoms with Crippen molar-refractivity contribution in [2.24, 2.45) is 46.3 Å². The molecular formula is C43H57ClN2O6. The smallest absolute Gasteiger partial charge is 0.303 e. The maximum Gasteiger partial charge on any atom is 0.303 e. The second-order valence-electron chi connectivity index (χ2n) is 17.2. The van der Waals surface area contributed by atoms with Crippen molar-refractivity contribution in [3.8, 4) is 11.8 Å². The van der Waals surface area contributed by atoms with Gasteiger partial charge in [0.25, 0.3) is 0 Å². The monoisotopic (exact) mass is 732 g/mol. The molecule has 11 atom stereocenters. The van der Waals surface area contributed by atoms with E-state index in [1.165, 1.54) is 0 Å². The quantitative estimate of drug-likeness (QED) is 0.131. The highest BCUT2D eigenvalue weighted by atomic mass is 35.5. The van der Waals surface area contributed by atoms with Crippen molar-refractivity contribution in [1.82, 2.24) is 4.98 Å². The molecule has 1 aromatic heterocycles. The van der Waals surface area contributed by atoms with Crippen molar-refractivity contribution < 1.29 is 30.0 Å². The Bertz CT molecular complexity index is 1770. The number of aryl methyl sites for hydroxylation is 2. The van der Waals surface area contributed by atoms with Gasteiger partial charge in [-0.15, -0.1) is 0 Å². The summed E-state index contributed by atoms with van der Waals surface area (Å²) in [4.78, 5) is 28.2. The number of aliphatic carboxylic acids is 1. The number of hydrogen-bond donors (Lipinski definition) is 5. The average molecular weight is 733 g/mol. The Morgan fingerprint density at radius 1 is 1.12 bits per heavy atom. The number of aliphatic hydroxyl groups excluding tert-OH is 2. The van der Waals surface area contributed by atoms with Crippen LogP contribution >= 0.6 is 11.6 Å². The van der Waals surface area contributed by atoms with Crippen molar-refractivity contribution in [3.05, 3.63) is 57.4 Å². The van der Waals surface area contributed by atoms with Gasteiger partial charge in [0.15, 0.2) is 5.78 Å². The Balaban J connectivity index is 1.14. The van der Waals surface area contributed by atoms with E-state index in [4.69, 9.17) is 11.6 Å². The van der Waals surface area contributed by atoms with Crippen LogP contribution in [0.5, 0.6) is 0 Å². The molecule has 0 radical (unpaired) electrons. The van der Waals surface area contributed by atoms with E-state index >= 15 is 0 Å². The minimum Gasteiger partial charge on any atom is -0.481 e. The molecule has 0 bridgehead atoms. The maximum absolute atomic E-state index is 12.4. The fourth-order valence-electron chi connectivity index (χ4n) is 11.5. The van der Waals surface area contributed by atoms with Crippen LogP contribution in [0.1, 0.15) is 125 Å². The lowest BCUT2D eigenvalue weighted by Gasteiger charge is -2.64. The van der Waals surface area contributed by atoms with E-state index in [9.17, 15) is 30.0 Å². The third-order valence-electron chi connectivity index (χ3n) is 14.4. The Hall–Kier alpha value is -2.96. The number of rotatable bonds is 9. The Labute approximate surface area is 314 Å². The van der Waals surface area contributed by atoms with Crippen molar-refractivity contribution in [1.29, 1.82) is 0 Å². The van der Waals surface area contributed by atoms with Crippen LogP contribution in [0, 0.1) is 65.1 Å². The predicted octanol–water partition coefficient (Wildman–Crippen LogP) is 7.60. The van der Waals surface area contributed by atoms with Crippen LogP contribution in [0.4, 0.5) is 5.69 Å². The van der Waals surface area contributed by atoms with Crippen LogP contribution in [0.25, 0.3) is 0 Å². The van der Waals surface area contributed by atoms with Gasteiger partial charge in [0.1, 0.15) is 5.60 Å². The number of carbonyl (C=O) groups excluding carboxylic acids is 1. The van der Waals surface area contributed by atoms with Crippen LogP contribution in [0.2, 0.25) is 5.02 Å². The third kappa shape index (κ3) is 7.04. The van der Waals surface area contributed by atoms with Gasteiger partial charge in [-0.2, -0.15) is 0 Å². The van der Waals surface area contributed by atoms with Crippen molar-refractivity contribution >= 4 is 29.0 Å². The zero-order chi connectivity index (χ0) is 37.7. The number of nitrogens with zero attached hydrogens (tertiary/aromatic N) is 1. The summed E-state index contributed by atoms with van der Waals surface area (Å²) in [5, 5.41) is 48.8. The number of fused-ring (bicyclic) bond motifs is 5. The summed E-state index contributed by atoms with van der Waals surface area (Å²) < 4.78 is 0. The van der Waals surface area contributed by atoms with Gasteiger partial charge in [-0.05, 0) is 142 Å². The third-order valence-corrected chi connectivity index (χ3v) is 14.7. The summed E-state index contributed by atoms with van der Waals surface area (Å²) in [5.41, 5.74) is 2.85. The second kappa shape index (κ2) is 14.7. The summed E-state index contributed by atoms with van der Waals surface area (Å²) in [6.45, 7) is 12.5. The van der Waals surface area contributed by atoms with Gasteiger partial charge in [0.05, 0.1) is 23.5 Å². The molecule has 1 aromatic carbocycles. The van der Waals surface area contributed by atoms with Gasteiger partial charge in [0, 0.05) is 34.9 Å². The van der Waals surface area contributed by atoms with Crippen LogP contribution in [0.3, 0.4) is 0 Å². The number of carboxylic acids is 1. The first-order valence-electron chi connectivity index (χ1n) is 19.4. The highest BCUT2D eigenvalue weighted by Gasteiger charge is 2.66. The minimum absolute atomic E-state index is 0.0435. The molecule has 0 aliphatic heterocycles. The van der Waals surface area contributed by atoms with Gasteiger partial charge >= 0.3 is 5.97 Å². The zero-order valence-electron chi connectivity index (χ0n) is 31.6. The predicted molar refractivity (Wildman–Crippen MR) is 203 cm³/mol. The summed E-state index contributed by atoms with van der Waals surface area (Å²) in [7, 11) is 0. The molecule has 2 aromatic rings. The van der Waals surface area contributed by atoms with Crippen LogP contribution in [-0.4, -0.2) is 55.0 Å². The average Bonchev–Trinajstić information content (AvgIpc) is 3.45. The fourth-order valence-corrected chi connectivity index (χ4v) is 11.7. The molecule has 0 saturated heterocycles. The molecule has 6 rings (SSSR count). The first-order chi connectivity index (χ1) is 24.5. The molecule has 4 saturated carbocycles. The molecule has 4 aliphatic carbocycles. The molecule has 8 nitrogen and oxygen atoms in total. The summed E-state index contributed by atoms with van der Waals surface area (Å²) in [6, 6.07) is 7.56. The molecule has 4 fully saturated rings. The number of aliphatic hydroxyl groups is 3. The lowest BCUT2D eigenvalue weighted by Crippen LogP contribution is -2.63. The molecule has 0 spiro atoms. The fraction of sp³-hybridized carbons (Fsp3) is 0.651. The number of carboxylic acid groups (broad SMARTS) is 1. The van der Waals surface area contributed by atoms with Crippen LogP contribution in [0.15, 0.2) is 24.3 Å². The number of ketones is 1. The molecule has 5 N–H and O–H groups in total. The number of aromatic nitrogens is 1. The van der Waals surface area contributed by atoms with Gasteiger partial charge in [-0.1, -0.05) is 57.2 Å². The standard InChI is InChI=1S/C43H57ClN2O6/c1-7-30-20-35(39(26(4)47)25(3)46-30)45-23-28-10-9-27(18-34(28)44)14-15-43(52)17-16-41(5)29(22-43)19-36(48)40-32-12-11-31(24(2)8-13-38(50)51)42(32,6)37(49)21-33(40)41/h9-10,18,20,24,29,31-33,36-37,40,48-49,52H,7-8,11-13,16-17,19,21-23H2,1-6H3,(H,45,46)(H,50,51)/t24-,29?,31-,32?,33?,36-,37+,40?,41+,42-,43-/m1/s1. The van der Waals surface area contributed by atoms with Crippen molar-refractivity contribution in [2.45, 2.75) is 130 Å². The molecule has 4 unspecified atom stereocenters. The van der Waals surface area contributed by atoms with Crippen molar-refractivity contribution in [2.75, 3.05) is 5.32 Å². The lowest BCUT2D eigenvalue weighted by atomic mass is 9.42. The van der Waals surface area contributed by atoms with Gasteiger partial charge in [-0.3, -0.25) is 14.6 Å². The topological polar surface area (TPSA) is 140 Å². The van der Waals surface area contributed by atoms with Crippen LogP contribution in [-0.2, 0) is 17.8 Å². The number of benzene rings is 1. The molecule has 4 aliphatic rings. The van der Waals surface area contributed by atoms with Gasteiger partial charge in [-0.25, -0.2) is 0 Å². The SMILES string of the molecule is CCc1cc(NCc2ccc(C#C[C@@]3(O)CC[C@@]4(C)C(C[C@@H](O)C5C4C[C@H](O)[C@@]4(C)C5CC[C@@H]4[C@H](C)CCC(=O)O)C3)cc2Cl)c(C(C)=O)c(C)n1. The largest absolute Gasteiger partial charge is 0.481 e. The van der Waals surface area contributed by atoms with E-state index in [0.717, 1.165) is 42.6 Å². The first kappa shape index (κ1) is 38.8. The number of nitrogens with one attached hydrogen (secondary N) is 1. The van der Waals surface area contributed by atoms with E-state index < -0.39 is 23.8 Å². The Morgan fingerprint density at radius 2 is 1.87 bits per heavy atom. The maximum atomic E-state index is 12.4. The van der Waals surface area contributed by atoms with E-state index in [1.54, 1.807) is 6.92 Å². The number of anilines is 1. The van der Waals surface area contributed by atoms with E-state index in [1.807, 2.05) is 38.1 Å². The molecule has 282 valence electrons. The minimum atomic E-state index is -1.19. The normalized spacial score (nSPS) is 35.7. The van der Waals surface area contributed by atoms with Crippen molar-refractivity contribution in [3.63, 3.8) is 0 Å². The zero-order valence-corrected chi connectivity index (χ0v) is 32.4. The Morgan fingerprint density at radius 3 is 2.54 bits per heavy atom. The van der Waals surface area contributed by atoms with Gasteiger partial charge in [0.2, 0.25) is 0 Å². The molecule has 0 amide bonds. The summed E-state index contributed by atoms with van der Waals surface area (Å²) >= 11 is 6.73. The van der Waals surface area contributed by atoms with Gasteiger partial charge < -0.3 is 25.7 Å². The highest BCUT2D eigenvalue weighted by molar-refractivity contribution is 6.31. The summed E-state index contributed by atoms with van der Waals surface area (Å²) in [5.74, 6) is 6.49. The second-order valence-corrected chi connectivity index (χ2v) is 17.6. The molecule has 9 heteroatoms. The lowest BCUT2D eigenvalue weighted by molar-refractivity contribution is -0.211. The highest BCUT2D eigenvalue weighted by Crippen LogP contribution is 2.69. The van der Waals surface area contributed by atoms with E-state index in [2.05, 4.69) is 42.9 Å². The summed E-state index contributed by atoms with van der Waals surface area (Å²) in [6.07, 6.45) is 5.40. The number of carbonyl (C=O) groups is 2. The Kier molecular flexibility index (Phi) is 11.0. The molecule has 1 heterocycles. The number of halogens is 1. The van der Waals surface area contributed by atoms with Crippen LogP contribution < -0.4 is 5.32 Å². The van der Waals surface area contributed by atoms with E-state index in [-0.39, 0.29) is 58.5 Å². The number of Topliss-reactive ketones (excluding diaryl/α,β-unsaturated/α-hetero) is 1. The molecule has 52 heavy (non-hydrogen) atoms. The van der Waals surface area contributed by atoms with E-state index in [0.29, 0.717) is 60.5 Å².